The van der Waals surface area contributed by atoms with E-state index in [0.717, 1.165) is 46.9 Å². The highest BCUT2D eigenvalue weighted by molar-refractivity contribution is 7.09. The first-order chi connectivity index (χ1) is 22.9. The molecule has 2 heterocycles. The zero-order chi connectivity index (χ0) is 36.6. The lowest BCUT2D eigenvalue weighted by Crippen LogP contribution is -2.53. The van der Waals surface area contributed by atoms with Crippen molar-refractivity contribution in [3.63, 3.8) is 0 Å². The number of aromatic nitrogens is 1. The van der Waals surface area contributed by atoms with E-state index in [-0.39, 0.29) is 35.2 Å². The van der Waals surface area contributed by atoms with Crippen LogP contribution in [0.25, 0.3) is 6.08 Å². The molecule has 7 nitrogen and oxygen atoms in total. The molecule has 0 amide bonds. The Kier molecular flexibility index (Phi) is 14.6. The van der Waals surface area contributed by atoms with E-state index in [1.54, 1.807) is 18.4 Å². The molecular weight excluding hydrogens is 651 g/mol. The maximum absolute atomic E-state index is 14.7. The Labute approximate surface area is 301 Å². The van der Waals surface area contributed by atoms with E-state index in [1.807, 2.05) is 70.3 Å². The van der Waals surface area contributed by atoms with Crippen molar-refractivity contribution in [1.82, 2.24) is 4.98 Å². The van der Waals surface area contributed by atoms with Crippen LogP contribution < -0.4 is 4.74 Å². The van der Waals surface area contributed by atoms with Gasteiger partial charge in [0.25, 0.3) is 0 Å². The molecule has 9 heteroatoms. The van der Waals surface area contributed by atoms with Gasteiger partial charge in [-0.1, -0.05) is 72.8 Å². The van der Waals surface area contributed by atoms with E-state index in [9.17, 15) is 9.59 Å². The zero-order valence-electron chi connectivity index (χ0n) is 32.1. The second-order valence-corrected chi connectivity index (χ2v) is 21.7. The van der Waals surface area contributed by atoms with E-state index < -0.39 is 31.9 Å². The fraction of sp³-hybridized carbons (Fsp3) is 0.625. The van der Waals surface area contributed by atoms with Gasteiger partial charge in [-0.25, -0.2) is 4.98 Å². The van der Waals surface area contributed by atoms with Crippen LogP contribution in [0.5, 0.6) is 5.75 Å². The highest BCUT2D eigenvalue weighted by Crippen LogP contribution is 2.42. The number of methoxy groups -OCH3 is 1. The Hall–Kier alpha value is -2.59. The Morgan fingerprint density at radius 1 is 1.12 bits per heavy atom. The van der Waals surface area contributed by atoms with Crippen molar-refractivity contribution >= 4 is 37.5 Å². The zero-order valence-corrected chi connectivity index (χ0v) is 33.9. The van der Waals surface area contributed by atoms with Gasteiger partial charge in [0.2, 0.25) is 0 Å². The molecule has 1 aliphatic heterocycles. The predicted molar refractivity (Wildman–Crippen MR) is 203 cm³/mol. The van der Waals surface area contributed by atoms with Crippen LogP contribution >= 0.6 is 11.3 Å². The number of rotatable bonds is 8. The fourth-order valence-corrected chi connectivity index (χ4v) is 8.12. The Bertz CT molecular complexity index is 1440. The summed E-state index contributed by atoms with van der Waals surface area (Å²) < 4.78 is 25.2. The Balaban J connectivity index is 1.99. The minimum absolute atomic E-state index is 0.0196. The summed E-state index contributed by atoms with van der Waals surface area (Å²) in [5.74, 6) is 0.171. The monoisotopic (exact) mass is 711 g/mol. The van der Waals surface area contributed by atoms with E-state index >= 15 is 0 Å². The first-order valence-electron chi connectivity index (χ1n) is 17.8. The van der Waals surface area contributed by atoms with Crippen molar-refractivity contribution in [2.75, 3.05) is 7.11 Å². The number of thiazole rings is 1. The average molecular weight is 712 g/mol. The van der Waals surface area contributed by atoms with Gasteiger partial charge in [-0.15, -0.1) is 11.3 Å². The molecule has 0 saturated heterocycles. The molecule has 0 aliphatic carbocycles. The number of aryl methyl sites for hydroxylation is 1. The first-order valence-corrected chi connectivity index (χ1v) is 21.6. The van der Waals surface area contributed by atoms with Crippen LogP contribution in [0.3, 0.4) is 0 Å². The Morgan fingerprint density at radius 2 is 1.80 bits per heavy atom. The van der Waals surface area contributed by atoms with Crippen molar-refractivity contribution in [3.8, 4) is 5.75 Å². The predicted octanol–water partition coefficient (Wildman–Crippen LogP) is 10.1. The van der Waals surface area contributed by atoms with Gasteiger partial charge in [0.05, 0.1) is 43.0 Å². The molecule has 49 heavy (non-hydrogen) atoms. The summed E-state index contributed by atoms with van der Waals surface area (Å²) in [4.78, 5) is 33.2. The van der Waals surface area contributed by atoms with Crippen LogP contribution in [0, 0.1) is 24.2 Å². The van der Waals surface area contributed by atoms with Crippen molar-refractivity contribution < 1.29 is 28.2 Å². The quantitative estimate of drug-likeness (QED) is 0.153. The maximum atomic E-state index is 14.7. The number of ether oxygens (including phenoxy) is 3. The summed E-state index contributed by atoms with van der Waals surface area (Å²) in [6.45, 7) is 23.2. The molecule has 0 radical (unpaired) electrons. The average Bonchev–Trinajstić information content (AvgIpc) is 3.44. The molecular formula is C40H61NO6SSi. The number of ketones is 1. The lowest BCUT2D eigenvalue weighted by atomic mass is 9.73. The molecule has 2 aromatic rings. The summed E-state index contributed by atoms with van der Waals surface area (Å²) in [7, 11) is -0.750. The summed E-state index contributed by atoms with van der Waals surface area (Å²) in [5.41, 5.74) is 1.84. The third-order valence-electron chi connectivity index (χ3n) is 10.4. The topological polar surface area (TPSA) is 83.9 Å². The largest absolute Gasteiger partial charge is 0.497 e. The minimum atomic E-state index is -2.40. The highest BCUT2D eigenvalue weighted by Gasteiger charge is 2.48. The number of esters is 1. The van der Waals surface area contributed by atoms with E-state index in [1.165, 1.54) is 0 Å². The van der Waals surface area contributed by atoms with Crippen LogP contribution in [-0.2, 0) is 30.1 Å². The molecule has 3 rings (SSSR count). The van der Waals surface area contributed by atoms with Crippen molar-refractivity contribution in [3.05, 3.63) is 63.6 Å². The van der Waals surface area contributed by atoms with Crippen LogP contribution in [0.4, 0.5) is 0 Å². The number of hydrogen-bond donors (Lipinski definition) is 0. The van der Waals surface area contributed by atoms with E-state index in [2.05, 4.69) is 57.9 Å². The summed E-state index contributed by atoms with van der Waals surface area (Å²) >= 11 is 1.60. The maximum Gasteiger partial charge on any atom is 0.309 e. The number of hydrogen-bond acceptors (Lipinski definition) is 8. The normalized spacial score (nSPS) is 25.2. The minimum Gasteiger partial charge on any atom is -0.497 e. The molecule has 1 aromatic heterocycles. The number of cyclic esters (lactones) is 1. The third kappa shape index (κ3) is 11.5. The Morgan fingerprint density at radius 3 is 2.39 bits per heavy atom. The summed E-state index contributed by atoms with van der Waals surface area (Å²) in [5, 5.41) is 2.89. The molecule has 1 aromatic carbocycles. The first kappa shape index (κ1) is 40.8. The molecule has 272 valence electrons. The molecule has 5 atom stereocenters. The third-order valence-corrected chi connectivity index (χ3v) is 15.7. The van der Waals surface area contributed by atoms with Crippen molar-refractivity contribution in [2.24, 2.45) is 17.3 Å². The van der Waals surface area contributed by atoms with Gasteiger partial charge >= 0.3 is 5.97 Å². The van der Waals surface area contributed by atoms with Gasteiger partial charge in [-0.3, -0.25) is 9.59 Å². The molecule has 0 bridgehead atoms. The molecule has 0 unspecified atom stereocenters. The number of Topliss-reactive ketones (excluding diaryl/α,β-unsaturated/α-hetero) is 1. The number of carbonyl (C=O) groups excluding carboxylic acids is 2. The van der Waals surface area contributed by atoms with Crippen molar-refractivity contribution in [2.45, 2.75) is 137 Å². The number of carbonyl (C=O) groups is 2. The van der Waals surface area contributed by atoms with Gasteiger partial charge in [-0.05, 0) is 86.5 Å². The number of allylic oxidation sites excluding steroid dienone is 1. The lowest BCUT2D eigenvalue weighted by Gasteiger charge is -2.45. The number of benzene rings is 1. The molecule has 0 saturated carbocycles. The number of nitrogens with zero attached hydrogens (tertiary/aromatic N) is 1. The summed E-state index contributed by atoms with van der Waals surface area (Å²) in [6.07, 6.45) is 8.19. The smallest absolute Gasteiger partial charge is 0.309 e. The fourth-order valence-electron chi connectivity index (χ4n) is 6.10. The summed E-state index contributed by atoms with van der Waals surface area (Å²) in [6, 6.07) is 7.85. The van der Waals surface area contributed by atoms with Crippen LogP contribution in [0.15, 0.2) is 47.4 Å². The standard InChI is InChI=1S/C40H61NO6SSi/c1-27-17-15-13-14-16-18-34(28(2)23-32-26-48-30(4)41-32)46-36(42)24-35(47-49(11,12)39(5,6)7)40(8,9)38(43)29(3)37(27)45-25-31-19-21-33(44-10)22-20-31/h14,16,19-23,26-27,29,34-35,37H,13,15,17-18,24-25H2,1-12H3/t27-,29+,34-,35-,37-/m0/s1. The van der Waals surface area contributed by atoms with Gasteiger partial charge < -0.3 is 18.6 Å². The molecule has 0 spiro atoms. The van der Waals surface area contributed by atoms with Gasteiger partial charge in [0.1, 0.15) is 17.6 Å². The van der Waals surface area contributed by atoms with Crippen LogP contribution in [-0.4, -0.2) is 50.5 Å². The molecule has 0 N–H and O–H groups in total. The molecule has 0 fully saturated rings. The van der Waals surface area contributed by atoms with Crippen molar-refractivity contribution in [1.29, 1.82) is 0 Å². The highest BCUT2D eigenvalue weighted by atomic mass is 32.1. The lowest BCUT2D eigenvalue weighted by molar-refractivity contribution is -0.154. The van der Waals surface area contributed by atoms with E-state index in [0.29, 0.717) is 13.0 Å². The van der Waals surface area contributed by atoms with Gasteiger partial charge in [-0.2, -0.15) is 0 Å². The van der Waals surface area contributed by atoms with Gasteiger partial charge in [0.15, 0.2) is 8.32 Å². The second kappa shape index (κ2) is 17.6. The van der Waals surface area contributed by atoms with Gasteiger partial charge in [0, 0.05) is 23.1 Å². The van der Waals surface area contributed by atoms with E-state index in [4.69, 9.17) is 18.6 Å². The molecule has 1 aliphatic rings. The van der Waals surface area contributed by atoms with Crippen LogP contribution in [0.1, 0.15) is 104 Å². The SMILES string of the molecule is COc1ccc(CO[C@H]2[C@@H](C)CCCC=CC[C@@H](C(C)=Cc3csc(C)n3)OC(=O)C[C@H](O[Si](C)(C)C(C)(C)C)C(C)(C)C(=O)[C@@H]2C)cc1. The van der Waals surface area contributed by atoms with Crippen LogP contribution in [0.2, 0.25) is 18.1 Å². The second-order valence-electron chi connectivity index (χ2n) is 15.8.